The quantitative estimate of drug-likeness (QED) is 0.303. The Kier molecular flexibility index (Phi) is 6.39. The number of amides is 1. The normalized spacial score (nSPS) is 14.5. The first-order chi connectivity index (χ1) is 18.9. The van der Waals surface area contributed by atoms with Gasteiger partial charge >= 0.3 is 0 Å². The number of H-pyrrole nitrogens is 2. The molecule has 0 radical (unpaired) electrons. The Morgan fingerprint density at radius 1 is 1.15 bits per heavy atom. The summed E-state index contributed by atoms with van der Waals surface area (Å²) in [6.07, 6.45) is 6.64. The molecule has 200 valence electrons. The highest BCUT2D eigenvalue weighted by molar-refractivity contribution is 5.96. The number of halogens is 1. The lowest BCUT2D eigenvalue weighted by molar-refractivity contribution is -0.116. The predicted octanol–water partition coefficient (Wildman–Crippen LogP) is 3.83. The molecule has 5 aromatic rings. The minimum Gasteiger partial charge on any atom is -0.352 e. The summed E-state index contributed by atoms with van der Waals surface area (Å²) in [6, 6.07) is 3.54. The number of likely N-dealkylation sites (N-methyl/N-ethyl adjacent to an activating group) is 1. The number of hydrogen-bond donors (Lipinski definition) is 3. The number of nitrogens with zero attached hydrogens (tertiary/aromatic N) is 7. The van der Waals surface area contributed by atoms with Gasteiger partial charge in [0.25, 0.3) is 0 Å². The summed E-state index contributed by atoms with van der Waals surface area (Å²) in [5.74, 6) is 0.839. The van der Waals surface area contributed by atoms with Crippen LogP contribution in [-0.4, -0.2) is 79.2 Å². The summed E-state index contributed by atoms with van der Waals surface area (Å²) < 4.78 is 16.1. The van der Waals surface area contributed by atoms with Crippen LogP contribution < -0.4 is 10.2 Å². The molecule has 1 fully saturated rings. The second-order valence-corrected chi connectivity index (χ2v) is 10.3. The lowest BCUT2D eigenvalue weighted by atomic mass is 10.1. The monoisotopic (exact) mass is 528 g/mol. The molecule has 1 aliphatic rings. The molecule has 0 spiro atoms. The van der Waals surface area contributed by atoms with Crippen LogP contribution >= 0.6 is 0 Å². The first-order valence-electron chi connectivity index (χ1n) is 12.9. The average molecular weight is 529 g/mol. The van der Waals surface area contributed by atoms with Crippen molar-refractivity contribution < 1.29 is 9.18 Å². The van der Waals surface area contributed by atoms with Crippen LogP contribution in [0.3, 0.4) is 0 Å². The Balaban J connectivity index is 1.38. The Labute approximate surface area is 223 Å². The summed E-state index contributed by atoms with van der Waals surface area (Å²) in [5.41, 5.74) is 3.38. The van der Waals surface area contributed by atoms with E-state index in [0.717, 1.165) is 43.0 Å². The fourth-order valence-electron chi connectivity index (χ4n) is 4.85. The maximum absolute atomic E-state index is 16.1. The summed E-state index contributed by atoms with van der Waals surface area (Å²) in [6.45, 7) is 7.53. The molecular formula is C27H29FN10O. The lowest BCUT2D eigenvalue weighted by Gasteiger charge is -2.33. The van der Waals surface area contributed by atoms with Crippen molar-refractivity contribution in [3.05, 3.63) is 42.7 Å². The van der Waals surface area contributed by atoms with Crippen molar-refractivity contribution in [3.8, 4) is 22.6 Å². The second kappa shape index (κ2) is 10.0. The largest absolute Gasteiger partial charge is 0.352 e. The molecule has 11 nitrogen and oxygen atoms in total. The van der Waals surface area contributed by atoms with Gasteiger partial charge in [0.15, 0.2) is 17.3 Å². The summed E-state index contributed by atoms with van der Waals surface area (Å²) in [4.78, 5) is 38.0. The van der Waals surface area contributed by atoms with E-state index in [9.17, 15) is 4.79 Å². The Hall–Kier alpha value is -4.45. The highest BCUT2D eigenvalue weighted by atomic mass is 19.1. The molecular weight excluding hydrogens is 499 g/mol. The number of piperazine rings is 1. The zero-order chi connectivity index (χ0) is 27.1. The van der Waals surface area contributed by atoms with Gasteiger partial charge in [-0.2, -0.15) is 5.10 Å². The van der Waals surface area contributed by atoms with Crippen LogP contribution in [0.15, 0.2) is 36.9 Å². The van der Waals surface area contributed by atoms with Gasteiger partial charge in [0.05, 0.1) is 22.8 Å². The Morgan fingerprint density at radius 3 is 2.77 bits per heavy atom. The number of aromatic nitrogens is 7. The molecule has 0 saturated carbocycles. The van der Waals surface area contributed by atoms with Gasteiger partial charge in [0, 0.05) is 62.3 Å². The van der Waals surface area contributed by atoms with Gasteiger partial charge in [0.2, 0.25) is 5.91 Å². The van der Waals surface area contributed by atoms with E-state index in [0.29, 0.717) is 29.2 Å². The summed E-state index contributed by atoms with van der Waals surface area (Å²) >= 11 is 0. The van der Waals surface area contributed by atoms with Crippen LogP contribution in [0, 0.1) is 11.7 Å². The number of fused-ring (bicyclic) bond motifs is 2. The van der Waals surface area contributed by atoms with Gasteiger partial charge in [-0.1, -0.05) is 13.8 Å². The van der Waals surface area contributed by atoms with Crippen LogP contribution in [0.5, 0.6) is 0 Å². The van der Waals surface area contributed by atoms with Crippen molar-refractivity contribution in [2.24, 2.45) is 5.92 Å². The molecule has 0 unspecified atom stereocenters. The van der Waals surface area contributed by atoms with Crippen LogP contribution in [0.25, 0.3) is 44.7 Å². The van der Waals surface area contributed by atoms with Gasteiger partial charge in [-0.3, -0.25) is 14.9 Å². The Bertz CT molecular complexity index is 1670. The van der Waals surface area contributed by atoms with E-state index in [-0.39, 0.29) is 28.4 Å². The fourth-order valence-corrected chi connectivity index (χ4v) is 4.85. The maximum atomic E-state index is 16.1. The van der Waals surface area contributed by atoms with Gasteiger partial charge in [-0.15, -0.1) is 0 Å². The van der Waals surface area contributed by atoms with Crippen molar-refractivity contribution in [2.45, 2.75) is 20.3 Å². The lowest BCUT2D eigenvalue weighted by Crippen LogP contribution is -2.44. The summed E-state index contributed by atoms with van der Waals surface area (Å²) in [5, 5.41) is 10.2. The number of anilines is 2. The SMILES string of the molecule is CC(C)CC(=O)Nc1cncc(-c2cnc3n[nH]c(-c4nc5c(N6CCN(C)CC6)nccc5[nH]4)c3c2F)c1. The standard InChI is InChI=1S/C27H29FN10O/c1-15(2)10-20(39)32-17-11-16(12-29-13-17)18-14-31-25-21(22(18)28)24(35-36-25)26-33-19-4-5-30-27(23(19)34-26)38-8-6-37(3)7-9-38/h4-5,11-15H,6-10H2,1-3H3,(H,32,39)(H,33,34)(H,31,35,36). The number of rotatable bonds is 6. The molecule has 12 heteroatoms. The van der Waals surface area contributed by atoms with Gasteiger partial charge in [-0.25, -0.2) is 19.3 Å². The molecule has 0 bridgehead atoms. The van der Waals surface area contributed by atoms with Gasteiger partial charge in [-0.05, 0) is 25.1 Å². The highest BCUT2D eigenvalue weighted by Crippen LogP contribution is 2.34. The zero-order valence-corrected chi connectivity index (χ0v) is 22.0. The zero-order valence-electron chi connectivity index (χ0n) is 22.0. The molecule has 39 heavy (non-hydrogen) atoms. The molecule has 3 N–H and O–H groups in total. The van der Waals surface area contributed by atoms with E-state index in [1.807, 2.05) is 19.9 Å². The van der Waals surface area contributed by atoms with Crippen molar-refractivity contribution >= 4 is 39.5 Å². The van der Waals surface area contributed by atoms with E-state index < -0.39 is 5.82 Å². The average Bonchev–Trinajstić information content (AvgIpc) is 3.54. The topological polar surface area (TPSA) is 132 Å². The molecule has 1 saturated heterocycles. The molecule has 0 atom stereocenters. The first-order valence-corrected chi connectivity index (χ1v) is 12.9. The second-order valence-electron chi connectivity index (χ2n) is 10.3. The number of hydrogen-bond acceptors (Lipinski definition) is 8. The van der Waals surface area contributed by atoms with Crippen LogP contribution in [-0.2, 0) is 4.79 Å². The molecule has 0 aromatic carbocycles. The molecule has 0 aliphatic carbocycles. The van der Waals surface area contributed by atoms with E-state index >= 15 is 4.39 Å². The number of pyridine rings is 3. The number of carbonyl (C=O) groups excluding carboxylic acids is 1. The van der Waals surface area contributed by atoms with Crippen molar-refractivity contribution in [3.63, 3.8) is 0 Å². The van der Waals surface area contributed by atoms with E-state index in [1.165, 1.54) is 12.4 Å². The van der Waals surface area contributed by atoms with Crippen LogP contribution in [0.1, 0.15) is 20.3 Å². The highest BCUT2D eigenvalue weighted by Gasteiger charge is 2.23. The van der Waals surface area contributed by atoms with E-state index in [2.05, 4.69) is 52.3 Å². The predicted molar refractivity (Wildman–Crippen MR) is 148 cm³/mol. The number of carbonyl (C=O) groups is 1. The van der Waals surface area contributed by atoms with Crippen LogP contribution in [0.2, 0.25) is 0 Å². The molecule has 6 heterocycles. The fraction of sp³-hybridized carbons (Fsp3) is 0.333. The number of nitrogens with one attached hydrogen (secondary N) is 3. The number of aromatic amines is 2. The smallest absolute Gasteiger partial charge is 0.224 e. The van der Waals surface area contributed by atoms with Gasteiger partial charge in [0.1, 0.15) is 17.0 Å². The maximum Gasteiger partial charge on any atom is 0.224 e. The third kappa shape index (κ3) is 4.78. The third-order valence-corrected chi connectivity index (χ3v) is 6.87. The van der Waals surface area contributed by atoms with Crippen molar-refractivity contribution in [1.82, 2.24) is 40.0 Å². The molecule has 6 rings (SSSR count). The van der Waals surface area contributed by atoms with E-state index in [1.54, 1.807) is 18.5 Å². The van der Waals surface area contributed by atoms with Crippen molar-refractivity contribution in [1.29, 1.82) is 0 Å². The molecule has 1 amide bonds. The Morgan fingerprint density at radius 2 is 1.97 bits per heavy atom. The molecule has 5 aromatic heterocycles. The number of imidazole rings is 1. The van der Waals surface area contributed by atoms with Crippen molar-refractivity contribution in [2.75, 3.05) is 43.4 Å². The minimum absolute atomic E-state index is 0.120. The minimum atomic E-state index is -0.505. The third-order valence-electron chi connectivity index (χ3n) is 6.87. The molecule has 1 aliphatic heterocycles. The van der Waals surface area contributed by atoms with Gasteiger partial charge < -0.3 is 20.1 Å². The van der Waals surface area contributed by atoms with Crippen LogP contribution in [0.4, 0.5) is 15.9 Å². The van der Waals surface area contributed by atoms with E-state index in [4.69, 9.17) is 4.98 Å². The first kappa shape index (κ1) is 24.9. The summed E-state index contributed by atoms with van der Waals surface area (Å²) in [7, 11) is 2.10.